The van der Waals surface area contributed by atoms with Gasteiger partial charge in [-0.3, -0.25) is 0 Å². The van der Waals surface area contributed by atoms with Crippen molar-refractivity contribution in [2.75, 3.05) is 13.2 Å². The molecule has 0 saturated carbocycles. The van der Waals surface area contributed by atoms with Gasteiger partial charge in [0.1, 0.15) is 18.5 Å². The standard InChI is InChI=1S/C22H26O4/c1-16(2)22(23)25-14-17(3)24-15-18(4)26-21-13-9-8-12-20(21)19-10-6-5-7-11-19/h5-13,17-18H,1,14-15H2,2-4H3. The molecule has 2 rings (SSSR count). The first-order chi connectivity index (χ1) is 12.5. The second-order valence-corrected chi connectivity index (χ2v) is 6.31. The quantitative estimate of drug-likeness (QED) is 0.486. The smallest absolute Gasteiger partial charge is 0.333 e. The first-order valence-electron chi connectivity index (χ1n) is 8.72. The van der Waals surface area contributed by atoms with Crippen LogP contribution in [0.2, 0.25) is 0 Å². The zero-order chi connectivity index (χ0) is 18.9. The van der Waals surface area contributed by atoms with Gasteiger partial charge in [-0.2, -0.15) is 0 Å². The lowest BCUT2D eigenvalue weighted by molar-refractivity contribution is -0.143. The number of carbonyl (C=O) groups is 1. The Morgan fingerprint density at radius 1 is 0.962 bits per heavy atom. The number of carbonyl (C=O) groups excluding carboxylic acids is 1. The molecule has 0 aliphatic rings. The summed E-state index contributed by atoms with van der Waals surface area (Å²) in [5, 5.41) is 0. The van der Waals surface area contributed by atoms with Crippen LogP contribution in [-0.2, 0) is 14.3 Å². The summed E-state index contributed by atoms with van der Waals surface area (Å²) in [7, 11) is 0. The van der Waals surface area contributed by atoms with Gasteiger partial charge in [-0.05, 0) is 32.4 Å². The average Bonchev–Trinajstić information content (AvgIpc) is 2.65. The van der Waals surface area contributed by atoms with Crippen molar-refractivity contribution in [3.05, 3.63) is 66.7 Å². The summed E-state index contributed by atoms with van der Waals surface area (Å²) in [4.78, 5) is 11.4. The van der Waals surface area contributed by atoms with Crippen LogP contribution >= 0.6 is 0 Å². The van der Waals surface area contributed by atoms with Crippen LogP contribution in [0.15, 0.2) is 66.7 Å². The van der Waals surface area contributed by atoms with Gasteiger partial charge in [0.25, 0.3) is 0 Å². The van der Waals surface area contributed by atoms with Gasteiger partial charge in [-0.1, -0.05) is 55.1 Å². The van der Waals surface area contributed by atoms with E-state index in [4.69, 9.17) is 14.2 Å². The van der Waals surface area contributed by atoms with Gasteiger partial charge < -0.3 is 14.2 Å². The van der Waals surface area contributed by atoms with Crippen LogP contribution in [0.3, 0.4) is 0 Å². The second kappa shape index (κ2) is 9.78. The predicted octanol–water partition coefficient (Wildman–Crippen LogP) is 4.65. The molecule has 0 amide bonds. The summed E-state index contributed by atoms with van der Waals surface area (Å²) in [6.45, 7) is 9.57. The maximum absolute atomic E-state index is 11.4. The number of para-hydroxylation sites is 1. The first kappa shape index (κ1) is 19.7. The maximum Gasteiger partial charge on any atom is 0.333 e. The molecule has 4 heteroatoms. The van der Waals surface area contributed by atoms with Crippen LogP contribution in [0.4, 0.5) is 0 Å². The molecule has 2 aromatic rings. The van der Waals surface area contributed by atoms with Crippen LogP contribution in [-0.4, -0.2) is 31.4 Å². The van der Waals surface area contributed by atoms with E-state index < -0.39 is 5.97 Å². The van der Waals surface area contributed by atoms with Crippen molar-refractivity contribution in [2.45, 2.75) is 33.0 Å². The average molecular weight is 354 g/mol. The molecule has 138 valence electrons. The van der Waals surface area contributed by atoms with Crippen LogP contribution < -0.4 is 4.74 Å². The first-order valence-corrected chi connectivity index (χ1v) is 8.72. The highest BCUT2D eigenvalue weighted by molar-refractivity contribution is 5.86. The summed E-state index contributed by atoms with van der Waals surface area (Å²) in [6, 6.07) is 18.1. The van der Waals surface area contributed by atoms with Crippen LogP contribution in [0, 0.1) is 0 Å². The number of hydrogen-bond donors (Lipinski definition) is 0. The largest absolute Gasteiger partial charge is 0.488 e. The molecule has 2 aromatic carbocycles. The summed E-state index contributed by atoms with van der Waals surface area (Å²) in [6.07, 6.45) is -0.354. The van der Waals surface area contributed by atoms with Crippen LogP contribution in [0.1, 0.15) is 20.8 Å². The van der Waals surface area contributed by atoms with E-state index in [1.165, 1.54) is 0 Å². The van der Waals surface area contributed by atoms with E-state index in [1.807, 2.05) is 56.3 Å². The van der Waals surface area contributed by atoms with E-state index in [1.54, 1.807) is 6.92 Å². The van der Waals surface area contributed by atoms with E-state index in [0.29, 0.717) is 12.2 Å². The third-order valence-electron chi connectivity index (χ3n) is 3.71. The molecule has 0 heterocycles. The molecule has 4 nitrogen and oxygen atoms in total. The fourth-order valence-corrected chi connectivity index (χ4v) is 2.34. The topological polar surface area (TPSA) is 44.8 Å². The Balaban J connectivity index is 1.88. The number of esters is 1. The van der Waals surface area contributed by atoms with E-state index in [-0.39, 0.29) is 18.8 Å². The van der Waals surface area contributed by atoms with E-state index in [0.717, 1.165) is 16.9 Å². The molecule has 0 bridgehead atoms. The molecule has 2 unspecified atom stereocenters. The highest BCUT2D eigenvalue weighted by Gasteiger charge is 2.13. The van der Waals surface area contributed by atoms with Crippen LogP contribution in [0.25, 0.3) is 11.1 Å². The third kappa shape index (κ3) is 6.05. The Hall–Kier alpha value is -2.59. The molecule has 2 atom stereocenters. The van der Waals surface area contributed by atoms with Gasteiger partial charge >= 0.3 is 5.97 Å². The maximum atomic E-state index is 11.4. The molecule has 0 aliphatic carbocycles. The van der Waals surface area contributed by atoms with Gasteiger partial charge in [0, 0.05) is 11.1 Å². The minimum atomic E-state index is -0.401. The Labute approximate surface area is 155 Å². The normalized spacial score (nSPS) is 12.9. The molecular weight excluding hydrogens is 328 g/mol. The van der Waals surface area contributed by atoms with Crippen molar-refractivity contribution >= 4 is 5.97 Å². The molecule has 0 radical (unpaired) electrons. The number of hydrogen-bond acceptors (Lipinski definition) is 4. The number of rotatable bonds is 9. The van der Waals surface area contributed by atoms with Crippen molar-refractivity contribution in [1.82, 2.24) is 0 Å². The predicted molar refractivity (Wildman–Crippen MR) is 103 cm³/mol. The van der Waals surface area contributed by atoms with Gasteiger partial charge in [-0.25, -0.2) is 4.79 Å². The zero-order valence-corrected chi connectivity index (χ0v) is 15.6. The highest BCUT2D eigenvalue weighted by Crippen LogP contribution is 2.30. The molecule has 0 aromatic heterocycles. The second-order valence-electron chi connectivity index (χ2n) is 6.31. The monoisotopic (exact) mass is 354 g/mol. The lowest BCUT2D eigenvalue weighted by Gasteiger charge is -2.20. The van der Waals surface area contributed by atoms with Crippen molar-refractivity contribution in [2.24, 2.45) is 0 Å². The van der Waals surface area contributed by atoms with E-state index in [2.05, 4.69) is 18.7 Å². The summed E-state index contributed by atoms with van der Waals surface area (Å²) < 4.78 is 16.9. The van der Waals surface area contributed by atoms with Gasteiger partial charge in [-0.15, -0.1) is 0 Å². The Morgan fingerprint density at radius 3 is 2.31 bits per heavy atom. The van der Waals surface area contributed by atoms with Crippen molar-refractivity contribution in [1.29, 1.82) is 0 Å². The zero-order valence-electron chi connectivity index (χ0n) is 15.6. The van der Waals surface area contributed by atoms with E-state index >= 15 is 0 Å². The fourth-order valence-electron chi connectivity index (χ4n) is 2.34. The minimum Gasteiger partial charge on any atom is -0.488 e. The highest BCUT2D eigenvalue weighted by atomic mass is 16.6. The molecule has 26 heavy (non-hydrogen) atoms. The fraction of sp³-hybridized carbons (Fsp3) is 0.318. The minimum absolute atomic E-state index is 0.140. The summed E-state index contributed by atoms with van der Waals surface area (Å²) in [5.74, 6) is 0.415. The Bertz CT molecular complexity index is 724. The summed E-state index contributed by atoms with van der Waals surface area (Å²) >= 11 is 0. The molecule has 0 aliphatic heterocycles. The molecular formula is C22H26O4. The summed E-state index contributed by atoms with van der Waals surface area (Å²) in [5.41, 5.74) is 2.53. The molecule has 0 spiro atoms. The van der Waals surface area contributed by atoms with E-state index in [9.17, 15) is 4.79 Å². The molecule has 0 saturated heterocycles. The van der Waals surface area contributed by atoms with Gasteiger partial charge in [0.05, 0.1) is 12.7 Å². The number of benzene rings is 2. The lowest BCUT2D eigenvalue weighted by Crippen LogP contribution is -2.26. The van der Waals surface area contributed by atoms with Crippen molar-refractivity contribution < 1.29 is 19.0 Å². The van der Waals surface area contributed by atoms with Gasteiger partial charge in [0.2, 0.25) is 0 Å². The van der Waals surface area contributed by atoms with Gasteiger partial charge in [0.15, 0.2) is 0 Å². The molecule has 0 N–H and O–H groups in total. The van der Waals surface area contributed by atoms with Crippen molar-refractivity contribution in [3.63, 3.8) is 0 Å². The third-order valence-corrected chi connectivity index (χ3v) is 3.71. The SMILES string of the molecule is C=C(C)C(=O)OCC(C)OCC(C)Oc1ccccc1-c1ccccc1. The van der Waals surface area contributed by atoms with Crippen molar-refractivity contribution in [3.8, 4) is 16.9 Å². The Kier molecular flexibility index (Phi) is 7.42. The Morgan fingerprint density at radius 2 is 1.62 bits per heavy atom. The lowest BCUT2D eigenvalue weighted by atomic mass is 10.0. The number of ether oxygens (including phenoxy) is 3. The molecule has 0 fully saturated rings. The van der Waals surface area contributed by atoms with Crippen LogP contribution in [0.5, 0.6) is 5.75 Å².